The van der Waals surface area contributed by atoms with Gasteiger partial charge in [0.2, 0.25) is 5.91 Å². The monoisotopic (exact) mass is 496 g/mol. The van der Waals surface area contributed by atoms with E-state index in [1.807, 2.05) is 41.9 Å². The second-order valence-corrected chi connectivity index (χ2v) is 10.6. The number of likely N-dealkylation sites (N-methyl/N-ethyl adjacent to an activating group) is 1. The number of rotatable bonds is 7. The maximum atomic E-state index is 13.8. The molecule has 1 amide bonds. The van der Waals surface area contributed by atoms with Gasteiger partial charge in [0.1, 0.15) is 28.7 Å². The predicted molar refractivity (Wildman–Crippen MR) is 136 cm³/mol. The van der Waals surface area contributed by atoms with Gasteiger partial charge in [0.25, 0.3) is 5.56 Å². The Balaban J connectivity index is 1.50. The van der Waals surface area contributed by atoms with Crippen molar-refractivity contribution in [3.8, 4) is 10.4 Å². The Bertz CT molecular complexity index is 1350. The van der Waals surface area contributed by atoms with Gasteiger partial charge in [-0.3, -0.25) is 19.1 Å². The number of nitrogens with zero attached hydrogens (tertiary/aromatic N) is 4. The molecule has 0 unspecified atom stereocenters. The lowest BCUT2D eigenvalue weighted by atomic mass is 10.1. The fraction of sp³-hybridized carbons (Fsp3) is 0.400. The average Bonchev–Trinajstić information content (AvgIpc) is 3.58. The molecule has 4 aromatic heterocycles. The molecule has 1 aliphatic rings. The number of fused-ring (bicyclic) bond motifs is 1. The summed E-state index contributed by atoms with van der Waals surface area (Å²) in [5.74, 6) is 2.05. The molecule has 5 rings (SSSR count). The standard InChI is InChI=1S/C25H28N4O3S2/c1-17-8-9-18(32-17)13-27(2)22(30)15-29-21(14-28-10-4-3-5-11-28)26-24-23(25(29)31)19(16-34-24)20-7-6-12-33-20/h6-9,12,16H,3-5,10-11,13-15H2,1-2H3. The van der Waals surface area contributed by atoms with E-state index in [-0.39, 0.29) is 18.0 Å². The fourth-order valence-corrected chi connectivity index (χ4v) is 6.20. The largest absolute Gasteiger partial charge is 0.464 e. The molecule has 9 heteroatoms. The van der Waals surface area contributed by atoms with Crippen LogP contribution in [-0.2, 0) is 24.4 Å². The number of carbonyl (C=O) groups excluding carboxylic acids is 1. The molecule has 0 bridgehead atoms. The van der Waals surface area contributed by atoms with Crippen molar-refractivity contribution in [2.24, 2.45) is 0 Å². The van der Waals surface area contributed by atoms with Gasteiger partial charge >= 0.3 is 0 Å². The highest BCUT2D eigenvalue weighted by Crippen LogP contribution is 2.34. The van der Waals surface area contributed by atoms with Gasteiger partial charge in [0.05, 0.1) is 18.5 Å². The Morgan fingerprint density at radius 2 is 2.00 bits per heavy atom. The number of aryl methyl sites for hydroxylation is 1. The van der Waals surface area contributed by atoms with Gasteiger partial charge in [-0.25, -0.2) is 4.98 Å². The molecule has 0 spiro atoms. The summed E-state index contributed by atoms with van der Waals surface area (Å²) in [4.78, 5) is 37.6. The normalized spacial score (nSPS) is 14.6. The molecular formula is C25H28N4O3S2. The highest BCUT2D eigenvalue weighted by Gasteiger charge is 2.22. The first-order chi connectivity index (χ1) is 16.5. The van der Waals surface area contributed by atoms with Crippen molar-refractivity contribution in [2.75, 3.05) is 20.1 Å². The van der Waals surface area contributed by atoms with Crippen LogP contribution >= 0.6 is 22.7 Å². The molecule has 0 radical (unpaired) electrons. The lowest BCUT2D eigenvalue weighted by molar-refractivity contribution is -0.131. The summed E-state index contributed by atoms with van der Waals surface area (Å²) < 4.78 is 7.22. The van der Waals surface area contributed by atoms with E-state index in [1.54, 1.807) is 27.9 Å². The minimum absolute atomic E-state index is 0.0408. The van der Waals surface area contributed by atoms with Gasteiger partial charge in [-0.1, -0.05) is 12.5 Å². The highest BCUT2D eigenvalue weighted by atomic mass is 32.1. The molecule has 0 aliphatic carbocycles. The fourth-order valence-electron chi connectivity index (χ4n) is 4.43. The zero-order chi connectivity index (χ0) is 23.7. The first-order valence-electron chi connectivity index (χ1n) is 11.6. The third-order valence-electron chi connectivity index (χ3n) is 6.28. The number of likely N-dealkylation sites (tertiary alicyclic amines) is 1. The van der Waals surface area contributed by atoms with Crippen molar-refractivity contribution in [3.63, 3.8) is 0 Å². The first-order valence-corrected chi connectivity index (χ1v) is 13.3. The maximum Gasteiger partial charge on any atom is 0.263 e. The van der Waals surface area contributed by atoms with E-state index in [1.165, 1.54) is 17.8 Å². The van der Waals surface area contributed by atoms with E-state index < -0.39 is 0 Å². The van der Waals surface area contributed by atoms with Crippen LogP contribution in [-0.4, -0.2) is 45.4 Å². The number of aromatic nitrogens is 2. The van der Waals surface area contributed by atoms with E-state index in [2.05, 4.69) is 4.90 Å². The van der Waals surface area contributed by atoms with E-state index in [9.17, 15) is 9.59 Å². The van der Waals surface area contributed by atoms with E-state index >= 15 is 0 Å². The Kier molecular flexibility index (Phi) is 6.67. The molecular weight excluding hydrogens is 468 g/mol. The third kappa shape index (κ3) is 4.73. The Morgan fingerprint density at radius 3 is 2.71 bits per heavy atom. The van der Waals surface area contributed by atoms with Crippen LogP contribution in [0.25, 0.3) is 20.7 Å². The number of thiophene rings is 2. The van der Waals surface area contributed by atoms with Crippen LogP contribution in [0.15, 0.2) is 44.2 Å². The van der Waals surface area contributed by atoms with Crippen LogP contribution in [0, 0.1) is 6.92 Å². The second kappa shape index (κ2) is 9.85. The molecule has 0 aromatic carbocycles. The summed E-state index contributed by atoms with van der Waals surface area (Å²) in [6.07, 6.45) is 3.54. The van der Waals surface area contributed by atoms with E-state index in [0.29, 0.717) is 24.3 Å². The maximum absolute atomic E-state index is 13.8. The van der Waals surface area contributed by atoms with Crippen LogP contribution in [0.1, 0.15) is 36.6 Å². The van der Waals surface area contributed by atoms with Crippen molar-refractivity contribution in [3.05, 3.63) is 62.7 Å². The Morgan fingerprint density at radius 1 is 1.18 bits per heavy atom. The minimum Gasteiger partial charge on any atom is -0.464 e. The molecule has 1 saturated heterocycles. The van der Waals surface area contributed by atoms with Crippen LogP contribution in [0.3, 0.4) is 0 Å². The second-order valence-electron chi connectivity index (χ2n) is 8.83. The minimum atomic E-state index is -0.148. The number of amides is 1. The Labute approximate surface area is 206 Å². The number of piperidine rings is 1. The lowest BCUT2D eigenvalue weighted by Crippen LogP contribution is -2.38. The van der Waals surface area contributed by atoms with Gasteiger partial charge in [-0.15, -0.1) is 22.7 Å². The van der Waals surface area contributed by atoms with Gasteiger partial charge < -0.3 is 9.32 Å². The third-order valence-corrected chi connectivity index (χ3v) is 8.06. The predicted octanol–water partition coefficient (Wildman–Crippen LogP) is 4.73. The topological polar surface area (TPSA) is 71.6 Å². The summed E-state index contributed by atoms with van der Waals surface area (Å²) in [6.45, 7) is 4.75. The van der Waals surface area contributed by atoms with Crippen LogP contribution < -0.4 is 5.56 Å². The van der Waals surface area contributed by atoms with Crippen LogP contribution in [0.5, 0.6) is 0 Å². The number of furan rings is 1. The molecule has 178 valence electrons. The molecule has 4 aromatic rings. The summed E-state index contributed by atoms with van der Waals surface area (Å²) in [6, 6.07) is 7.76. The molecule has 5 heterocycles. The first kappa shape index (κ1) is 23.0. The van der Waals surface area contributed by atoms with Crippen molar-refractivity contribution >= 4 is 38.8 Å². The number of hydrogen-bond acceptors (Lipinski definition) is 7. The zero-order valence-corrected chi connectivity index (χ0v) is 21.1. The average molecular weight is 497 g/mol. The zero-order valence-electron chi connectivity index (χ0n) is 19.5. The molecule has 7 nitrogen and oxygen atoms in total. The van der Waals surface area contributed by atoms with E-state index in [0.717, 1.165) is 52.7 Å². The molecule has 34 heavy (non-hydrogen) atoms. The lowest BCUT2D eigenvalue weighted by Gasteiger charge is -2.27. The van der Waals surface area contributed by atoms with Crippen LogP contribution in [0.2, 0.25) is 0 Å². The smallest absolute Gasteiger partial charge is 0.263 e. The Hall–Kier alpha value is -2.75. The van der Waals surface area contributed by atoms with E-state index in [4.69, 9.17) is 9.40 Å². The summed E-state index contributed by atoms with van der Waals surface area (Å²) in [5, 5.41) is 4.62. The van der Waals surface area contributed by atoms with Crippen molar-refractivity contribution in [1.29, 1.82) is 0 Å². The van der Waals surface area contributed by atoms with Crippen molar-refractivity contribution in [1.82, 2.24) is 19.4 Å². The van der Waals surface area contributed by atoms with Gasteiger partial charge in [-0.2, -0.15) is 0 Å². The van der Waals surface area contributed by atoms with Crippen molar-refractivity contribution < 1.29 is 9.21 Å². The summed E-state index contributed by atoms with van der Waals surface area (Å²) in [5.41, 5.74) is 0.759. The van der Waals surface area contributed by atoms with Gasteiger partial charge in [0, 0.05) is 22.9 Å². The molecule has 0 saturated carbocycles. The quantitative estimate of drug-likeness (QED) is 0.370. The van der Waals surface area contributed by atoms with Crippen molar-refractivity contribution in [2.45, 2.75) is 45.8 Å². The SMILES string of the molecule is Cc1ccc(CN(C)C(=O)Cn2c(CN3CCCCC3)nc3scc(-c4cccs4)c3c2=O)o1. The molecule has 1 aliphatic heterocycles. The number of hydrogen-bond donors (Lipinski definition) is 0. The molecule has 0 atom stereocenters. The summed E-state index contributed by atoms with van der Waals surface area (Å²) in [7, 11) is 1.74. The number of carbonyl (C=O) groups is 1. The highest BCUT2D eigenvalue weighted by molar-refractivity contribution is 7.18. The van der Waals surface area contributed by atoms with Gasteiger partial charge in [-0.05, 0) is 56.4 Å². The van der Waals surface area contributed by atoms with Gasteiger partial charge in [0.15, 0.2) is 0 Å². The van der Waals surface area contributed by atoms with Crippen LogP contribution in [0.4, 0.5) is 0 Å². The molecule has 0 N–H and O–H groups in total. The summed E-state index contributed by atoms with van der Waals surface area (Å²) >= 11 is 3.10. The molecule has 1 fully saturated rings.